The summed E-state index contributed by atoms with van der Waals surface area (Å²) in [5.41, 5.74) is 0. The molecule has 21 heavy (non-hydrogen) atoms. The Morgan fingerprint density at radius 2 is 2.33 bits per heavy atom. The average Bonchev–Trinajstić information content (AvgIpc) is 2.94. The molecule has 1 aromatic rings. The van der Waals surface area contributed by atoms with Gasteiger partial charge in [0.2, 0.25) is 10.0 Å². The zero-order valence-corrected chi connectivity index (χ0v) is 13.7. The lowest BCUT2D eigenvalue weighted by molar-refractivity contribution is -0.137. The van der Waals surface area contributed by atoms with E-state index in [4.69, 9.17) is 5.11 Å². The first-order valence-corrected chi connectivity index (χ1v) is 10.1. The van der Waals surface area contributed by atoms with Crippen LogP contribution in [0.3, 0.4) is 0 Å². The van der Waals surface area contributed by atoms with Crippen LogP contribution >= 0.6 is 23.5 Å². The first-order valence-electron chi connectivity index (χ1n) is 6.40. The summed E-state index contributed by atoms with van der Waals surface area (Å²) in [4.78, 5) is 10.5. The molecule has 0 saturated carbocycles. The number of carbonyl (C=O) groups is 1. The minimum absolute atomic E-state index is 0.0707. The first kappa shape index (κ1) is 16.7. The lowest BCUT2D eigenvalue weighted by Gasteiger charge is -2.20. The third kappa shape index (κ3) is 5.20. The van der Waals surface area contributed by atoms with Crippen molar-refractivity contribution >= 4 is 39.5 Å². The van der Waals surface area contributed by atoms with Crippen LogP contribution in [0.2, 0.25) is 0 Å². The minimum atomic E-state index is -3.58. The van der Waals surface area contributed by atoms with Crippen molar-refractivity contribution in [1.29, 1.82) is 0 Å². The normalized spacial score (nSPS) is 19.5. The van der Waals surface area contributed by atoms with Gasteiger partial charge in [-0.2, -0.15) is 28.6 Å². The fourth-order valence-corrected chi connectivity index (χ4v) is 5.51. The van der Waals surface area contributed by atoms with Crippen LogP contribution in [0.4, 0.5) is 0 Å². The molecule has 7 nitrogen and oxygen atoms in total. The maximum atomic E-state index is 12.1. The molecular formula is C11H17N3O4S3. The number of nitrogens with zero attached hydrogens (tertiary/aromatic N) is 2. The Kier molecular flexibility index (Phi) is 5.97. The zero-order valence-electron chi connectivity index (χ0n) is 11.3. The Hall–Kier alpha value is -0.710. The molecule has 1 fully saturated rings. The Morgan fingerprint density at radius 3 is 3.00 bits per heavy atom. The molecule has 0 bridgehead atoms. The van der Waals surface area contributed by atoms with Gasteiger partial charge in [0.1, 0.15) is 4.90 Å². The van der Waals surface area contributed by atoms with E-state index in [1.807, 2.05) is 11.8 Å². The van der Waals surface area contributed by atoms with Crippen LogP contribution in [0.25, 0.3) is 0 Å². The van der Waals surface area contributed by atoms with Gasteiger partial charge in [-0.15, -0.1) is 0 Å². The number of aromatic nitrogens is 2. The number of nitrogens with one attached hydrogen (secondary N) is 1. The van der Waals surface area contributed by atoms with Gasteiger partial charge in [-0.1, -0.05) is 0 Å². The molecule has 0 spiro atoms. The van der Waals surface area contributed by atoms with Gasteiger partial charge in [-0.3, -0.25) is 9.48 Å². The van der Waals surface area contributed by atoms with Gasteiger partial charge in [0.15, 0.2) is 0 Å². The Bertz CT molecular complexity index is 581. The van der Waals surface area contributed by atoms with Gasteiger partial charge in [0, 0.05) is 35.3 Å². The first-order chi connectivity index (χ1) is 9.97. The molecule has 1 aliphatic heterocycles. The van der Waals surface area contributed by atoms with E-state index in [9.17, 15) is 13.2 Å². The van der Waals surface area contributed by atoms with E-state index in [1.54, 1.807) is 11.8 Å². The van der Waals surface area contributed by atoms with Gasteiger partial charge < -0.3 is 5.11 Å². The van der Waals surface area contributed by atoms with E-state index in [0.29, 0.717) is 11.8 Å². The van der Waals surface area contributed by atoms with Crippen LogP contribution in [-0.4, -0.2) is 58.3 Å². The molecule has 2 heterocycles. The Morgan fingerprint density at radius 1 is 1.52 bits per heavy atom. The van der Waals surface area contributed by atoms with Gasteiger partial charge in [0.25, 0.3) is 0 Å². The van der Waals surface area contributed by atoms with Crippen molar-refractivity contribution < 1.29 is 18.3 Å². The summed E-state index contributed by atoms with van der Waals surface area (Å²) in [6.45, 7) is 0.556. The van der Waals surface area contributed by atoms with Crippen molar-refractivity contribution in [3.8, 4) is 0 Å². The summed E-state index contributed by atoms with van der Waals surface area (Å²) in [5, 5.41) is 12.8. The van der Waals surface area contributed by atoms with Gasteiger partial charge >= 0.3 is 5.97 Å². The average molecular weight is 351 g/mol. The summed E-state index contributed by atoms with van der Waals surface area (Å²) in [6, 6.07) is 0. The molecule has 1 aromatic heterocycles. The summed E-state index contributed by atoms with van der Waals surface area (Å²) < 4.78 is 28.2. The molecule has 0 aliphatic carbocycles. The van der Waals surface area contributed by atoms with Gasteiger partial charge in [-0.25, -0.2) is 13.1 Å². The van der Waals surface area contributed by atoms with E-state index in [-0.39, 0.29) is 17.9 Å². The van der Waals surface area contributed by atoms with Crippen molar-refractivity contribution in [3.05, 3.63) is 12.4 Å². The molecular weight excluding hydrogens is 334 g/mol. The molecule has 2 N–H and O–H groups in total. The second-order valence-electron chi connectivity index (χ2n) is 4.50. The predicted octanol–water partition coefficient (Wildman–Crippen LogP) is 0.485. The standard InChI is InChI=1S/C11H17N3O4S3/c15-11(16)1-2-14-7-10(6-12-14)21(17,18)13-5-9-8-19-3-4-20-9/h6-7,9,13H,1-5,8H2,(H,15,16). The van der Waals surface area contributed by atoms with Crippen LogP contribution in [0.5, 0.6) is 0 Å². The number of rotatable bonds is 7. The van der Waals surface area contributed by atoms with Crippen LogP contribution in [0.1, 0.15) is 6.42 Å². The summed E-state index contributed by atoms with van der Waals surface area (Å²) in [5.74, 6) is 2.17. The molecule has 2 rings (SSSR count). The monoisotopic (exact) mass is 351 g/mol. The smallest absolute Gasteiger partial charge is 0.305 e. The number of carboxylic acids is 1. The van der Waals surface area contributed by atoms with E-state index in [0.717, 1.165) is 17.3 Å². The Labute approximate surface area is 131 Å². The fraction of sp³-hybridized carbons (Fsp3) is 0.636. The van der Waals surface area contributed by atoms with Crippen LogP contribution in [-0.2, 0) is 21.4 Å². The van der Waals surface area contributed by atoms with Crippen molar-refractivity contribution in [2.45, 2.75) is 23.1 Å². The van der Waals surface area contributed by atoms with Crippen molar-refractivity contribution in [3.63, 3.8) is 0 Å². The number of hydrogen-bond acceptors (Lipinski definition) is 6. The van der Waals surface area contributed by atoms with Gasteiger partial charge in [-0.05, 0) is 0 Å². The zero-order chi connectivity index (χ0) is 15.3. The second kappa shape index (κ2) is 7.52. The summed E-state index contributed by atoms with van der Waals surface area (Å²) in [7, 11) is -3.58. The minimum Gasteiger partial charge on any atom is -0.481 e. The number of sulfonamides is 1. The number of hydrogen-bond donors (Lipinski definition) is 2. The molecule has 0 radical (unpaired) electrons. The topological polar surface area (TPSA) is 101 Å². The molecule has 118 valence electrons. The fourth-order valence-electron chi connectivity index (χ4n) is 1.76. The molecule has 10 heteroatoms. The van der Waals surface area contributed by atoms with E-state index < -0.39 is 16.0 Å². The molecule has 0 amide bonds. The number of aryl methyl sites for hydroxylation is 1. The lowest BCUT2D eigenvalue weighted by atomic mass is 10.4. The van der Waals surface area contributed by atoms with Gasteiger partial charge in [0.05, 0.1) is 19.2 Å². The molecule has 1 atom stereocenters. The number of thioether (sulfide) groups is 2. The Balaban J connectivity index is 1.90. The predicted molar refractivity (Wildman–Crippen MR) is 83.2 cm³/mol. The number of aliphatic carboxylic acids is 1. The van der Waals surface area contributed by atoms with E-state index in [1.165, 1.54) is 17.1 Å². The van der Waals surface area contributed by atoms with Crippen LogP contribution in [0, 0.1) is 0 Å². The molecule has 1 aliphatic rings. The quantitative estimate of drug-likeness (QED) is 0.737. The van der Waals surface area contributed by atoms with Crippen molar-refractivity contribution in [2.75, 3.05) is 23.8 Å². The van der Waals surface area contributed by atoms with Crippen molar-refractivity contribution in [2.24, 2.45) is 0 Å². The van der Waals surface area contributed by atoms with Crippen molar-refractivity contribution in [1.82, 2.24) is 14.5 Å². The highest BCUT2D eigenvalue weighted by Crippen LogP contribution is 2.23. The van der Waals surface area contributed by atoms with E-state index in [2.05, 4.69) is 9.82 Å². The highest BCUT2D eigenvalue weighted by Gasteiger charge is 2.20. The summed E-state index contributed by atoms with van der Waals surface area (Å²) in [6.07, 6.45) is 2.51. The third-order valence-corrected chi connectivity index (χ3v) is 7.08. The molecule has 1 saturated heterocycles. The lowest BCUT2D eigenvalue weighted by Crippen LogP contribution is -2.33. The van der Waals surface area contributed by atoms with Crippen LogP contribution < -0.4 is 4.72 Å². The third-order valence-electron chi connectivity index (χ3n) is 2.86. The SMILES string of the molecule is O=C(O)CCn1cc(S(=O)(=O)NCC2CSCCS2)cn1. The molecule has 0 aromatic carbocycles. The highest BCUT2D eigenvalue weighted by molar-refractivity contribution is 8.06. The largest absolute Gasteiger partial charge is 0.481 e. The van der Waals surface area contributed by atoms with Crippen LogP contribution in [0.15, 0.2) is 17.3 Å². The highest BCUT2D eigenvalue weighted by atomic mass is 32.2. The summed E-state index contributed by atoms with van der Waals surface area (Å²) >= 11 is 3.62. The number of carboxylic acid groups (broad SMARTS) is 1. The van der Waals surface area contributed by atoms with E-state index >= 15 is 0 Å². The second-order valence-corrected chi connectivity index (χ2v) is 8.83. The maximum Gasteiger partial charge on any atom is 0.305 e. The maximum absolute atomic E-state index is 12.1. The molecule has 1 unspecified atom stereocenters.